The van der Waals surface area contributed by atoms with Crippen LogP contribution in [0.1, 0.15) is 90.9 Å². The van der Waals surface area contributed by atoms with Gasteiger partial charge < -0.3 is 0 Å². The van der Waals surface area contributed by atoms with E-state index in [2.05, 4.69) is 18.7 Å². The summed E-state index contributed by atoms with van der Waals surface area (Å²) >= 11 is 0. The van der Waals surface area contributed by atoms with Crippen LogP contribution in [0.4, 0.5) is 0 Å². The maximum Gasteiger partial charge on any atom is 0.342 e. The fraction of sp³-hybridized carbons (Fsp3) is 0.938. The van der Waals surface area contributed by atoms with Crippen molar-refractivity contribution in [3.05, 3.63) is 0 Å². The van der Waals surface area contributed by atoms with E-state index in [1.165, 1.54) is 44.9 Å². The number of hydrogen-bond acceptors (Lipinski definition) is 3. The van der Waals surface area contributed by atoms with Crippen molar-refractivity contribution in [2.75, 3.05) is 6.61 Å². The molecule has 0 fully saturated rings. The maximum absolute atomic E-state index is 11.3. The van der Waals surface area contributed by atoms with E-state index in [1.807, 2.05) is 0 Å². The van der Waals surface area contributed by atoms with Crippen LogP contribution in [0.15, 0.2) is 0 Å². The second-order valence-electron chi connectivity index (χ2n) is 5.21. The third-order valence-corrected chi connectivity index (χ3v) is 3.22. The van der Waals surface area contributed by atoms with Crippen molar-refractivity contribution in [3.8, 4) is 0 Å². The number of unbranched alkanes of at least 4 members (excludes halogenated alkanes) is 9. The summed E-state index contributed by atoms with van der Waals surface area (Å²) < 4.78 is 0. The zero-order valence-corrected chi connectivity index (χ0v) is 12.9. The van der Waals surface area contributed by atoms with Crippen molar-refractivity contribution in [2.45, 2.75) is 90.9 Å². The van der Waals surface area contributed by atoms with Crippen molar-refractivity contribution in [3.63, 3.8) is 0 Å². The number of carbonyl (C=O) groups is 1. The maximum atomic E-state index is 11.3. The quantitative estimate of drug-likeness (QED) is 0.248. The van der Waals surface area contributed by atoms with Crippen LogP contribution in [0.25, 0.3) is 0 Å². The predicted octanol–water partition coefficient (Wildman–Crippen LogP) is 5.18. The Bertz CT molecular complexity index is 192. The predicted molar refractivity (Wildman–Crippen MR) is 78.8 cm³/mol. The molecular formula is C16H32O3. The molecule has 0 N–H and O–H groups in total. The smallest absolute Gasteiger partial charge is 0.298 e. The summed E-state index contributed by atoms with van der Waals surface area (Å²) in [6.45, 7) is 4.83. The number of carbonyl (C=O) groups excluding carboxylic acids is 1. The fourth-order valence-electron chi connectivity index (χ4n) is 1.93. The molecule has 114 valence electrons. The van der Waals surface area contributed by atoms with Gasteiger partial charge in [0.05, 0.1) is 6.61 Å². The largest absolute Gasteiger partial charge is 0.342 e. The lowest BCUT2D eigenvalue weighted by Crippen LogP contribution is -2.06. The monoisotopic (exact) mass is 272 g/mol. The van der Waals surface area contributed by atoms with E-state index in [0.717, 1.165) is 25.7 Å². The van der Waals surface area contributed by atoms with Crippen molar-refractivity contribution in [1.29, 1.82) is 0 Å². The van der Waals surface area contributed by atoms with Crippen LogP contribution in [-0.2, 0) is 14.6 Å². The molecule has 0 saturated heterocycles. The zero-order chi connectivity index (χ0) is 14.2. The summed E-state index contributed by atoms with van der Waals surface area (Å²) in [7, 11) is 0. The van der Waals surface area contributed by atoms with Gasteiger partial charge in [-0.3, -0.25) is 4.89 Å². The van der Waals surface area contributed by atoms with E-state index >= 15 is 0 Å². The fourth-order valence-corrected chi connectivity index (χ4v) is 1.93. The molecule has 3 heteroatoms. The first-order valence-electron chi connectivity index (χ1n) is 8.13. The standard InChI is InChI=1S/C16H32O3/c1-3-5-7-8-9-10-11-12-13-14-16(17)19-18-15-6-4-2/h3-15H2,1-2H3. The highest BCUT2D eigenvalue weighted by Crippen LogP contribution is 2.10. The molecule has 0 aliphatic carbocycles. The second-order valence-corrected chi connectivity index (χ2v) is 5.21. The van der Waals surface area contributed by atoms with E-state index in [1.54, 1.807) is 0 Å². The molecule has 0 atom stereocenters. The van der Waals surface area contributed by atoms with Gasteiger partial charge in [-0.05, 0) is 12.8 Å². The Labute approximate surface area is 119 Å². The summed E-state index contributed by atoms with van der Waals surface area (Å²) in [6, 6.07) is 0. The Morgan fingerprint density at radius 2 is 1.26 bits per heavy atom. The number of rotatable bonds is 14. The minimum Gasteiger partial charge on any atom is -0.298 e. The second kappa shape index (κ2) is 15.5. The van der Waals surface area contributed by atoms with Crippen molar-refractivity contribution >= 4 is 5.97 Å². The Morgan fingerprint density at radius 1 is 0.737 bits per heavy atom. The molecule has 0 unspecified atom stereocenters. The first-order valence-corrected chi connectivity index (χ1v) is 8.13. The van der Waals surface area contributed by atoms with Gasteiger partial charge in [-0.15, -0.1) is 0 Å². The molecule has 0 bridgehead atoms. The molecule has 0 aliphatic heterocycles. The van der Waals surface area contributed by atoms with Gasteiger partial charge >= 0.3 is 5.97 Å². The summed E-state index contributed by atoms with van der Waals surface area (Å²) in [5.41, 5.74) is 0. The highest BCUT2D eigenvalue weighted by Gasteiger charge is 2.03. The normalized spacial score (nSPS) is 10.6. The minimum atomic E-state index is -0.223. The molecule has 0 aromatic carbocycles. The topological polar surface area (TPSA) is 35.5 Å². The van der Waals surface area contributed by atoms with Crippen LogP contribution in [0.3, 0.4) is 0 Å². The van der Waals surface area contributed by atoms with Gasteiger partial charge in [-0.2, -0.15) is 4.89 Å². The lowest BCUT2D eigenvalue weighted by Gasteiger charge is -2.03. The van der Waals surface area contributed by atoms with E-state index in [4.69, 9.17) is 4.89 Å². The minimum absolute atomic E-state index is 0.223. The van der Waals surface area contributed by atoms with Crippen LogP contribution in [-0.4, -0.2) is 12.6 Å². The molecular weight excluding hydrogens is 240 g/mol. The Balaban J connectivity index is 3.10. The molecule has 0 radical (unpaired) electrons. The average Bonchev–Trinajstić information content (AvgIpc) is 2.42. The van der Waals surface area contributed by atoms with Gasteiger partial charge in [0.1, 0.15) is 0 Å². The Hall–Kier alpha value is -0.570. The van der Waals surface area contributed by atoms with E-state index < -0.39 is 0 Å². The molecule has 0 rings (SSSR count). The molecule has 19 heavy (non-hydrogen) atoms. The molecule has 0 saturated carbocycles. The van der Waals surface area contributed by atoms with Crippen molar-refractivity contribution in [2.24, 2.45) is 0 Å². The molecule has 3 nitrogen and oxygen atoms in total. The highest BCUT2D eigenvalue weighted by molar-refractivity contribution is 5.68. The third-order valence-electron chi connectivity index (χ3n) is 3.22. The van der Waals surface area contributed by atoms with Crippen LogP contribution in [0.5, 0.6) is 0 Å². The SMILES string of the molecule is CCCCCCCCCCCC(=O)OOCCCC. The average molecular weight is 272 g/mol. The summed E-state index contributed by atoms with van der Waals surface area (Å²) in [5.74, 6) is -0.223. The Morgan fingerprint density at radius 3 is 1.84 bits per heavy atom. The van der Waals surface area contributed by atoms with Crippen LogP contribution >= 0.6 is 0 Å². The van der Waals surface area contributed by atoms with Crippen LogP contribution in [0.2, 0.25) is 0 Å². The molecule has 0 aromatic heterocycles. The van der Waals surface area contributed by atoms with Crippen molar-refractivity contribution in [1.82, 2.24) is 0 Å². The summed E-state index contributed by atoms with van der Waals surface area (Å²) in [6.07, 6.45) is 13.8. The van der Waals surface area contributed by atoms with E-state index in [9.17, 15) is 4.79 Å². The summed E-state index contributed by atoms with van der Waals surface area (Å²) in [5, 5.41) is 0. The van der Waals surface area contributed by atoms with Crippen LogP contribution < -0.4 is 0 Å². The summed E-state index contributed by atoms with van der Waals surface area (Å²) in [4.78, 5) is 20.8. The highest BCUT2D eigenvalue weighted by atomic mass is 17.2. The number of hydrogen-bond donors (Lipinski definition) is 0. The molecule has 0 aliphatic rings. The van der Waals surface area contributed by atoms with Gasteiger partial charge in [0.2, 0.25) is 0 Å². The third kappa shape index (κ3) is 15.4. The molecule has 0 heterocycles. The van der Waals surface area contributed by atoms with E-state index in [0.29, 0.717) is 13.0 Å². The van der Waals surface area contributed by atoms with Crippen molar-refractivity contribution < 1.29 is 14.6 Å². The van der Waals surface area contributed by atoms with Gasteiger partial charge in [-0.1, -0.05) is 71.6 Å². The van der Waals surface area contributed by atoms with Gasteiger partial charge in [0.15, 0.2) is 0 Å². The van der Waals surface area contributed by atoms with E-state index in [-0.39, 0.29) is 5.97 Å². The van der Waals surface area contributed by atoms with Crippen LogP contribution in [0, 0.1) is 0 Å². The Kier molecular flexibility index (Phi) is 15.0. The van der Waals surface area contributed by atoms with Gasteiger partial charge in [-0.25, -0.2) is 4.79 Å². The molecule has 0 spiro atoms. The molecule has 0 aromatic rings. The lowest BCUT2D eigenvalue weighted by molar-refractivity contribution is -0.272. The van der Waals surface area contributed by atoms with Gasteiger partial charge in [0.25, 0.3) is 0 Å². The first-order chi connectivity index (χ1) is 9.31. The lowest BCUT2D eigenvalue weighted by atomic mass is 10.1. The zero-order valence-electron chi connectivity index (χ0n) is 12.9. The van der Waals surface area contributed by atoms with Gasteiger partial charge in [0, 0.05) is 6.42 Å². The molecule has 0 amide bonds. The first kappa shape index (κ1) is 18.4.